The molecule has 0 saturated heterocycles. The van der Waals surface area contributed by atoms with Gasteiger partial charge in [-0.2, -0.15) is 5.26 Å². The number of nitrogens with zero attached hydrogens (tertiary/aromatic N) is 2. The molecule has 0 aliphatic rings. The topological polar surface area (TPSA) is 53.3 Å². The second-order valence-corrected chi connectivity index (χ2v) is 4.38. The molecule has 0 fully saturated rings. The zero-order valence-electron chi connectivity index (χ0n) is 11.1. The molecule has 0 bridgehead atoms. The van der Waals surface area contributed by atoms with Gasteiger partial charge in [0.2, 0.25) is 0 Å². The summed E-state index contributed by atoms with van der Waals surface area (Å²) in [6.07, 6.45) is 1.63. The Morgan fingerprint density at radius 2 is 2.21 bits per heavy atom. The van der Waals surface area contributed by atoms with Crippen molar-refractivity contribution >= 4 is 23.1 Å². The summed E-state index contributed by atoms with van der Waals surface area (Å²) in [6, 6.07) is 6.96. The van der Waals surface area contributed by atoms with Crippen molar-refractivity contribution in [1.29, 1.82) is 5.26 Å². The summed E-state index contributed by atoms with van der Waals surface area (Å²) in [5, 5.41) is 9.22. The van der Waals surface area contributed by atoms with Crippen LogP contribution in [0.1, 0.15) is 18.1 Å². The van der Waals surface area contributed by atoms with E-state index in [-0.39, 0.29) is 11.6 Å². The second kappa shape index (κ2) is 6.81. The number of ether oxygens (including phenoxy) is 1. The van der Waals surface area contributed by atoms with Crippen LogP contribution in [0.2, 0.25) is 5.02 Å². The van der Waals surface area contributed by atoms with Gasteiger partial charge < -0.3 is 9.64 Å². The summed E-state index contributed by atoms with van der Waals surface area (Å²) >= 11 is 6.14. The van der Waals surface area contributed by atoms with E-state index in [1.165, 1.54) is 0 Å². The highest BCUT2D eigenvalue weighted by Gasteiger charge is 2.18. The van der Waals surface area contributed by atoms with E-state index in [1.54, 1.807) is 50.3 Å². The van der Waals surface area contributed by atoms with Crippen molar-refractivity contribution in [1.82, 2.24) is 4.90 Å². The van der Waals surface area contributed by atoms with Crippen molar-refractivity contribution in [3.8, 4) is 6.07 Å². The van der Waals surface area contributed by atoms with Crippen LogP contribution in [0.5, 0.6) is 0 Å². The summed E-state index contributed by atoms with van der Waals surface area (Å²) in [5.74, 6) is -0.465. The molecule has 19 heavy (non-hydrogen) atoms. The van der Waals surface area contributed by atoms with E-state index in [0.717, 1.165) is 0 Å². The molecule has 0 spiro atoms. The van der Waals surface area contributed by atoms with Crippen molar-refractivity contribution in [2.45, 2.75) is 6.92 Å². The fraction of sp³-hybridized carbons (Fsp3) is 0.286. The van der Waals surface area contributed by atoms with E-state index in [1.807, 2.05) is 6.07 Å². The Kier molecular flexibility index (Phi) is 5.40. The first-order valence-electron chi connectivity index (χ1n) is 5.75. The summed E-state index contributed by atoms with van der Waals surface area (Å²) < 4.78 is 5.01. The molecule has 0 heterocycles. The third kappa shape index (κ3) is 3.73. The lowest BCUT2D eigenvalue weighted by molar-refractivity contribution is -0.136. The van der Waals surface area contributed by atoms with Crippen LogP contribution in [-0.2, 0) is 9.53 Å². The molecule has 0 unspecified atom stereocenters. The Bertz CT molecular complexity index is 545. The fourth-order valence-electron chi connectivity index (χ4n) is 1.53. The Balaban J connectivity index is 3.35. The summed E-state index contributed by atoms with van der Waals surface area (Å²) in [6.45, 7) is 2.01. The van der Waals surface area contributed by atoms with Crippen LogP contribution in [-0.4, -0.2) is 31.6 Å². The van der Waals surface area contributed by atoms with Crippen molar-refractivity contribution in [2.75, 3.05) is 20.7 Å². The third-order valence-electron chi connectivity index (χ3n) is 2.29. The number of rotatable bonds is 4. The molecule has 0 aliphatic heterocycles. The predicted octanol–water partition coefficient (Wildman–Crippen LogP) is 2.68. The highest BCUT2D eigenvalue weighted by atomic mass is 35.5. The number of hydrogen-bond donors (Lipinski definition) is 0. The van der Waals surface area contributed by atoms with Crippen LogP contribution < -0.4 is 0 Å². The van der Waals surface area contributed by atoms with Gasteiger partial charge in [0.05, 0.1) is 22.8 Å². The number of carbonyl (C=O) groups is 1. The second-order valence-electron chi connectivity index (χ2n) is 4.01. The molecule has 0 atom stereocenters. The normalized spacial score (nSPS) is 10.8. The maximum Gasteiger partial charge on any atom is 0.340 e. The fourth-order valence-corrected chi connectivity index (χ4v) is 1.80. The minimum atomic E-state index is -0.465. The zero-order chi connectivity index (χ0) is 14.4. The number of halogens is 1. The molecule has 1 aromatic carbocycles. The number of esters is 1. The van der Waals surface area contributed by atoms with E-state index in [4.69, 9.17) is 21.6 Å². The highest BCUT2D eigenvalue weighted by Crippen LogP contribution is 2.28. The Morgan fingerprint density at radius 3 is 2.74 bits per heavy atom. The monoisotopic (exact) mass is 278 g/mol. The lowest BCUT2D eigenvalue weighted by Gasteiger charge is -2.13. The molecule has 4 nitrogen and oxygen atoms in total. The molecule has 0 N–H and O–H groups in total. The molecule has 100 valence electrons. The van der Waals surface area contributed by atoms with Crippen LogP contribution in [0.3, 0.4) is 0 Å². The number of nitriles is 1. The number of hydrogen-bond acceptors (Lipinski definition) is 4. The zero-order valence-corrected chi connectivity index (χ0v) is 11.9. The van der Waals surface area contributed by atoms with Gasteiger partial charge in [0.15, 0.2) is 0 Å². The summed E-state index contributed by atoms with van der Waals surface area (Å²) in [4.78, 5) is 13.7. The average molecular weight is 279 g/mol. The van der Waals surface area contributed by atoms with Crippen molar-refractivity contribution in [2.24, 2.45) is 0 Å². The Morgan fingerprint density at radius 1 is 1.53 bits per heavy atom. The minimum absolute atomic E-state index is 0.256. The van der Waals surface area contributed by atoms with Gasteiger partial charge in [-0.1, -0.05) is 23.7 Å². The van der Waals surface area contributed by atoms with E-state index >= 15 is 0 Å². The lowest BCUT2D eigenvalue weighted by Crippen LogP contribution is -2.12. The van der Waals surface area contributed by atoms with Gasteiger partial charge in [0.1, 0.15) is 6.07 Å². The molecule has 0 saturated carbocycles. The van der Waals surface area contributed by atoms with Gasteiger partial charge >= 0.3 is 5.97 Å². The van der Waals surface area contributed by atoms with Gasteiger partial charge in [0.25, 0.3) is 0 Å². The van der Waals surface area contributed by atoms with Crippen LogP contribution in [0.4, 0.5) is 0 Å². The lowest BCUT2D eigenvalue weighted by atomic mass is 10.0. The molecule has 0 amide bonds. The van der Waals surface area contributed by atoms with E-state index in [0.29, 0.717) is 16.7 Å². The van der Waals surface area contributed by atoms with Crippen LogP contribution in [0, 0.1) is 11.3 Å². The van der Waals surface area contributed by atoms with E-state index in [9.17, 15) is 4.79 Å². The van der Waals surface area contributed by atoms with Gasteiger partial charge in [-0.25, -0.2) is 4.79 Å². The predicted molar refractivity (Wildman–Crippen MR) is 74.5 cm³/mol. The maximum absolute atomic E-state index is 12.0. The standard InChI is InChI=1S/C14H15ClN2O2/c1-4-19-14(18)12(9-17(2)3)11-7-5-6-10(8-16)13(11)15/h5-7,9H,4H2,1-3H3. The first-order valence-corrected chi connectivity index (χ1v) is 6.13. The van der Waals surface area contributed by atoms with E-state index < -0.39 is 5.97 Å². The molecule has 0 aromatic heterocycles. The van der Waals surface area contributed by atoms with Crippen LogP contribution in [0.15, 0.2) is 24.4 Å². The largest absolute Gasteiger partial charge is 0.462 e. The van der Waals surface area contributed by atoms with Gasteiger partial charge in [0, 0.05) is 25.9 Å². The molecule has 1 aromatic rings. The first kappa shape index (κ1) is 15.1. The summed E-state index contributed by atoms with van der Waals surface area (Å²) in [5.41, 5.74) is 1.15. The molecular weight excluding hydrogens is 264 g/mol. The molecule has 0 radical (unpaired) electrons. The molecule has 0 aliphatic carbocycles. The van der Waals surface area contributed by atoms with Crippen molar-refractivity contribution in [3.63, 3.8) is 0 Å². The molecule has 1 rings (SSSR count). The Labute approximate surface area is 117 Å². The number of benzene rings is 1. The molecular formula is C14H15ClN2O2. The van der Waals surface area contributed by atoms with Crippen molar-refractivity contribution in [3.05, 3.63) is 40.5 Å². The quantitative estimate of drug-likeness (QED) is 0.628. The van der Waals surface area contributed by atoms with Crippen molar-refractivity contribution < 1.29 is 9.53 Å². The van der Waals surface area contributed by atoms with Crippen LogP contribution >= 0.6 is 11.6 Å². The number of carbonyl (C=O) groups excluding carboxylic acids is 1. The van der Waals surface area contributed by atoms with Gasteiger partial charge in [-0.15, -0.1) is 0 Å². The molecule has 5 heteroatoms. The first-order chi connectivity index (χ1) is 9.01. The van der Waals surface area contributed by atoms with Crippen LogP contribution in [0.25, 0.3) is 5.57 Å². The maximum atomic E-state index is 12.0. The minimum Gasteiger partial charge on any atom is -0.462 e. The summed E-state index contributed by atoms with van der Waals surface area (Å²) in [7, 11) is 3.59. The van der Waals surface area contributed by atoms with Gasteiger partial charge in [-0.3, -0.25) is 0 Å². The van der Waals surface area contributed by atoms with E-state index in [2.05, 4.69) is 0 Å². The third-order valence-corrected chi connectivity index (χ3v) is 2.70. The van der Waals surface area contributed by atoms with Gasteiger partial charge in [-0.05, 0) is 13.0 Å². The average Bonchev–Trinajstić information content (AvgIpc) is 2.36. The highest BCUT2D eigenvalue weighted by molar-refractivity contribution is 6.35. The Hall–Kier alpha value is -1.99. The SMILES string of the molecule is CCOC(=O)C(=CN(C)C)c1cccc(C#N)c1Cl. The smallest absolute Gasteiger partial charge is 0.340 e.